The number of nitrogens with one attached hydrogen (secondary N) is 2. The minimum absolute atomic E-state index is 0.109. The first-order valence-electron chi connectivity index (χ1n) is 16.0. The molecule has 19 nitrogen and oxygen atoms in total. The summed E-state index contributed by atoms with van der Waals surface area (Å²) in [5.74, 6) is -0.810. The van der Waals surface area contributed by atoms with Gasteiger partial charge in [-0.2, -0.15) is 0 Å². The van der Waals surface area contributed by atoms with Crippen LogP contribution in [0.15, 0.2) is 4.99 Å². The number of rotatable bonds is 12. The van der Waals surface area contributed by atoms with Crippen molar-refractivity contribution < 1.29 is 59.9 Å². The number of ether oxygens (including phenoxy) is 3. The highest BCUT2D eigenvalue weighted by atomic mass is 16.7. The van der Waals surface area contributed by atoms with E-state index in [4.69, 9.17) is 52.8 Å². The van der Waals surface area contributed by atoms with E-state index in [9.17, 15) is 25.2 Å². The normalized spacial score (nSPS) is 38.8. The van der Waals surface area contributed by atoms with Gasteiger partial charge in [0.2, 0.25) is 0 Å². The number of aliphatic hydroxyl groups excluding tert-OH is 7. The zero-order chi connectivity index (χ0) is 35.3. The molecule has 2 heterocycles. The van der Waals surface area contributed by atoms with Crippen molar-refractivity contribution in [2.45, 2.75) is 130 Å². The predicted octanol–water partition coefficient (Wildman–Crippen LogP) is -6.27. The first-order valence-corrected chi connectivity index (χ1v) is 16.0. The van der Waals surface area contributed by atoms with E-state index in [1.807, 2.05) is 0 Å². The SMILES string of the molecule is CO.NCCCC(O)CNCC1CC(O)C[C@@H](O[C@@H]2C(N)CC(NC(=O)C3(O)CC3N=C(N)N)CC2O)O1.OC1COC(O)C(O)C1. The molecule has 47 heavy (non-hydrogen) atoms. The predicted molar refractivity (Wildman–Crippen MR) is 167 cm³/mol. The van der Waals surface area contributed by atoms with Crippen LogP contribution >= 0.6 is 0 Å². The molecule has 2 aliphatic carbocycles. The average Bonchev–Trinajstić information content (AvgIpc) is 3.66. The van der Waals surface area contributed by atoms with Gasteiger partial charge in [0, 0.05) is 58.0 Å². The molecule has 2 saturated heterocycles. The van der Waals surface area contributed by atoms with E-state index in [0.29, 0.717) is 38.9 Å². The summed E-state index contributed by atoms with van der Waals surface area (Å²) in [6.07, 6.45) is -3.84. The summed E-state index contributed by atoms with van der Waals surface area (Å²) < 4.78 is 16.5. The van der Waals surface area contributed by atoms with Crippen LogP contribution in [-0.2, 0) is 19.0 Å². The second-order valence-corrected chi connectivity index (χ2v) is 12.4. The summed E-state index contributed by atoms with van der Waals surface area (Å²) in [5.41, 5.74) is 20.7. The number of carbonyl (C=O) groups excluding carboxylic acids is 1. The molecule has 11 unspecified atom stereocenters. The number of guanidine groups is 1. The lowest BCUT2D eigenvalue weighted by molar-refractivity contribution is -0.251. The number of nitrogens with two attached hydrogens (primary N) is 4. The Balaban J connectivity index is 0.000000594. The van der Waals surface area contributed by atoms with Crippen LogP contribution < -0.4 is 33.6 Å². The molecule has 0 aromatic rings. The number of amides is 1. The second kappa shape index (κ2) is 20.0. The molecule has 4 aliphatic rings. The third kappa shape index (κ3) is 13.5. The Hall–Kier alpha value is -1.82. The van der Waals surface area contributed by atoms with E-state index in [1.54, 1.807) is 0 Å². The van der Waals surface area contributed by atoms with Gasteiger partial charge >= 0.3 is 0 Å². The smallest absolute Gasteiger partial charge is 0.254 e. The van der Waals surface area contributed by atoms with Crippen molar-refractivity contribution in [3.8, 4) is 0 Å². The van der Waals surface area contributed by atoms with Crippen LogP contribution in [0.2, 0.25) is 0 Å². The maximum absolute atomic E-state index is 12.5. The van der Waals surface area contributed by atoms with Gasteiger partial charge in [-0.15, -0.1) is 0 Å². The largest absolute Gasteiger partial charge is 0.400 e. The maximum atomic E-state index is 12.5. The molecule has 1 amide bonds. The fourth-order valence-corrected chi connectivity index (χ4v) is 5.69. The van der Waals surface area contributed by atoms with Crippen molar-refractivity contribution in [1.82, 2.24) is 10.6 Å². The lowest BCUT2D eigenvalue weighted by atomic mass is 9.86. The van der Waals surface area contributed by atoms with Gasteiger partial charge in [0.25, 0.3) is 5.91 Å². The van der Waals surface area contributed by atoms with Gasteiger partial charge in [-0.3, -0.25) is 4.79 Å². The molecule has 19 heteroatoms. The summed E-state index contributed by atoms with van der Waals surface area (Å²) in [4.78, 5) is 16.3. The number of nitrogens with zero attached hydrogens (tertiary/aromatic N) is 1. The third-order valence-corrected chi connectivity index (χ3v) is 8.26. The van der Waals surface area contributed by atoms with Gasteiger partial charge in [-0.05, 0) is 32.2 Å². The van der Waals surface area contributed by atoms with Crippen LogP contribution in [0.3, 0.4) is 0 Å². The quantitative estimate of drug-likeness (QED) is 0.0671. The molecule has 18 N–H and O–H groups in total. The Bertz CT molecular complexity index is 942. The van der Waals surface area contributed by atoms with E-state index in [0.717, 1.165) is 13.5 Å². The minimum atomic E-state index is -1.66. The molecule has 0 bridgehead atoms. The Morgan fingerprint density at radius 3 is 2.34 bits per heavy atom. The second-order valence-electron chi connectivity index (χ2n) is 12.4. The van der Waals surface area contributed by atoms with Crippen molar-refractivity contribution in [1.29, 1.82) is 0 Å². The fourth-order valence-electron chi connectivity index (χ4n) is 5.69. The van der Waals surface area contributed by atoms with Crippen LogP contribution in [0.4, 0.5) is 0 Å². The summed E-state index contributed by atoms with van der Waals surface area (Å²) in [7, 11) is 1.00. The highest BCUT2D eigenvalue weighted by Crippen LogP contribution is 2.39. The summed E-state index contributed by atoms with van der Waals surface area (Å²) >= 11 is 0. The third-order valence-electron chi connectivity index (χ3n) is 8.26. The standard InChI is InChI=1S/C22H43N7O7.C5H10O4.CH4O/c23-3-1-2-12(30)9-27-10-14-6-13(31)7-18(35-14)36-19-15(24)4-11(5-16(19)32)28-20(33)22(34)8-17(22)29-21(25)26;6-3-1-4(7)5(8)9-2-3;1-2/h11-19,27,30-32,34H,1-10,23-24H2,(H,28,33)(H4,25,26,29);3-8H,1-2H2;2H,1H3/t11?,12?,13?,14?,15?,16?,17?,18-,19-,22?;;/m1../s1. The molecule has 2 aliphatic heterocycles. The van der Waals surface area contributed by atoms with E-state index in [1.165, 1.54) is 0 Å². The monoisotopic (exact) mass is 683 g/mol. The molecule has 0 spiro atoms. The highest BCUT2D eigenvalue weighted by Gasteiger charge is 2.60. The van der Waals surface area contributed by atoms with Gasteiger partial charge in [0.1, 0.15) is 12.2 Å². The molecule has 2 saturated carbocycles. The number of hydrogen-bond donors (Lipinski definition) is 14. The molecule has 0 radical (unpaired) electrons. The first-order chi connectivity index (χ1) is 22.2. The Morgan fingerprint density at radius 1 is 1.04 bits per heavy atom. The van der Waals surface area contributed by atoms with Crippen LogP contribution in [-0.4, -0.2) is 165 Å². The lowest BCUT2D eigenvalue weighted by Gasteiger charge is -2.41. The molecule has 0 aromatic heterocycles. The molecular weight excluding hydrogens is 626 g/mol. The summed E-state index contributed by atoms with van der Waals surface area (Å²) in [5, 5.41) is 80.5. The molecule has 0 aromatic carbocycles. The number of hydrogen-bond acceptors (Lipinski definition) is 16. The van der Waals surface area contributed by atoms with Crippen LogP contribution in [0.1, 0.15) is 51.4 Å². The lowest BCUT2D eigenvalue weighted by Crippen LogP contribution is -2.58. The number of carbonyl (C=O) groups is 1. The van der Waals surface area contributed by atoms with Crippen LogP contribution in [0.5, 0.6) is 0 Å². The molecule has 13 atom stereocenters. The number of aliphatic imine (C=N–C) groups is 1. The van der Waals surface area contributed by atoms with Gasteiger partial charge in [0.05, 0.1) is 43.2 Å². The van der Waals surface area contributed by atoms with Crippen molar-refractivity contribution in [3.63, 3.8) is 0 Å². The zero-order valence-corrected chi connectivity index (χ0v) is 26.9. The summed E-state index contributed by atoms with van der Waals surface area (Å²) in [6.45, 7) is 1.45. The first kappa shape index (κ1) is 41.4. The van der Waals surface area contributed by atoms with Crippen molar-refractivity contribution in [2.24, 2.45) is 27.9 Å². The minimum Gasteiger partial charge on any atom is -0.400 e. The maximum Gasteiger partial charge on any atom is 0.254 e. The van der Waals surface area contributed by atoms with Gasteiger partial charge in [-0.25, -0.2) is 4.99 Å². The zero-order valence-electron chi connectivity index (χ0n) is 26.9. The van der Waals surface area contributed by atoms with E-state index < -0.39 is 78.8 Å². The van der Waals surface area contributed by atoms with Crippen LogP contribution in [0.25, 0.3) is 0 Å². The van der Waals surface area contributed by atoms with Crippen LogP contribution in [0, 0.1) is 0 Å². The number of aliphatic hydroxyl groups is 8. The van der Waals surface area contributed by atoms with E-state index in [2.05, 4.69) is 20.4 Å². The van der Waals surface area contributed by atoms with E-state index in [-0.39, 0.29) is 44.4 Å². The Labute approximate surface area is 274 Å². The van der Waals surface area contributed by atoms with Crippen molar-refractivity contribution in [3.05, 3.63) is 0 Å². The summed E-state index contributed by atoms with van der Waals surface area (Å²) in [6, 6.07) is -1.77. The molecule has 4 fully saturated rings. The molecule has 276 valence electrons. The van der Waals surface area contributed by atoms with Crippen molar-refractivity contribution in [2.75, 3.05) is 33.4 Å². The highest BCUT2D eigenvalue weighted by molar-refractivity contribution is 5.90. The topological polar surface area (TPSA) is 347 Å². The Morgan fingerprint density at radius 2 is 1.74 bits per heavy atom. The van der Waals surface area contributed by atoms with Gasteiger partial charge in [0.15, 0.2) is 24.1 Å². The molecule has 4 rings (SSSR count). The van der Waals surface area contributed by atoms with E-state index >= 15 is 0 Å². The average molecular weight is 684 g/mol. The van der Waals surface area contributed by atoms with Crippen molar-refractivity contribution >= 4 is 11.9 Å². The van der Waals surface area contributed by atoms with Gasteiger partial charge in [-0.1, -0.05) is 0 Å². The Kier molecular flexibility index (Phi) is 17.6. The fraction of sp³-hybridized carbons (Fsp3) is 0.929. The van der Waals surface area contributed by atoms with Gasteiger partial charge < -0.3 is 88.6 Å². The molecular formula is C28H57N7O12.